The van der Waals surface area contributed by atoms with E-state index in [9.17, 15) is 4.79 Å². The van der Waals surface area contributed by atoms with E-state index in [0.717, 1.165) is 18.8 Å². The molecule has 0 aromatic rings. The Kier molecular flexibility index (Phi) is 5.46. The average molecular weight is 248 g/mol. The first-order valence-electron chi connectivity index (χ1n) is 8.01. The summed E-state index contributed by atoms with van der Waals surface area (Å²) < 4.78 is 0. The van der Waals surface area contributed by atoms with Gasteiger partial charge in [-0.15, -0.1) is 0 Å². The van der Waals surface area contributed by atoms with Gasteiger partial charge in [0.2, 0.25) is 0 Å². The van der Waals surface area contributed by atoms with Gasteiger partial charge in [0.25, 0.3) is 0 Å². The topological polar surface area (TPSA) is 17.1 Å². The highest BCUT2D eigenvalue weighted by Crippen LogP contribution is 2.38. The van der Waals surface area contributed by atoms with E-state index in [-0.39, 0.29) is 0 Å². The molecule has 18 heavy (non-hydrogen) atoms. The molecule has 0 saturated heterocycles. The van der Waals surface area contributed by atoms with Crippen LogP contribution in [0.3, 0.4) is 0 Å². The van der Waals surface area contributed by atoms with E-state index in [0.29, 0.717) is 17.6 Å². The molecule has 1 fully saturated rings. The van der Waals surface area contributed by atoms with Crippen LogP contribution in [0.25, 0.3) is 0 Å². The number of carbonyl (C=O) groups is 1. The van der Waals surface area contributed by atoms with Gasteiger partial charge in [0.1, 0.15) is 0 Å². The van der Waals surface area contributed by atoms with Gasteiger partial charge in [-0.25, -0.2) is 0 Å². The van der Waals surface area contributed by atoms with E-state index in [2.05, 4.69) is 13.0 Å². The van der Waals surface area contributed by atoms with Crippen molar-refractivity contribution < 1.29 is 4.79 Å². The number of carbonyl (C=O) groups excluding carboxylic acids is 1. The molecular formula is C17H28O. The Balaban J connectivity index is 1.73. The minimum Gasteiger partial charge on any atom is -0.295 e. The molecule has 0 amide bonds. The maximum absolute atomic E-state index is 11.9. The summed E-state index contributed by atoms with van der Waals surface area (Å²) in [7, 11) is 0. The molecule has 1 nitrogen and oxygen atoms in total. The van der Waals surface area contributed by atoms with Gasteiger partial charge in [-0.2, -0.15) is 0 Å². The first-order chi connectivity index (χ1) is 8.81. The Morgan fingerprint density at radius 3 is 2.56 bits per heavy atom. The van der Waals surface area contributed by atoms with Crippen LogP contribution in [0, 0.1) is 17.8 Å². The Bertz CT molecular complexity index is 284. The minimum absolute atomic E-state index is 0.367. The van der Waals surface area contributed by atoms with E-state index in [1.807, 2.05) is 6.08 Å². The SMILES string of the molecule is CCCCCC1CCC(C2CCC=CC2=O)CC1. The van der Waals surface area contributed by atoms with Crippen molar-refractivity contribution in [1.82, 2.24) is 0 Å². The van der Waals surface area contributed by atoms with Crippen molar-refractivity contribution in [3.8, 4) is 0 Å². The van der Waals surface area contributed by atoms with Gasteiger partial charge < -0.3 is 0 Å². The molecule has 0 bridgehead atoms. The van der Waals surface area contributed by atoms with Crippen molar-refractivity contribution in [2.75, 3.05) is 0 Å². The zero-order valence-corrected chi connectivity index (χ0v) is 11.9. The molecule has 2 aliphatic rings. The van der Waals surface area contributed by atoms with Crippen molar-refractivity contribution in [2.45, 2.75) is 71.1 Å². The van der Waals surface area contributed by atoms with Crippen molar-refractivity contribution in [2.24, 2.45) is 17.8 Å². The normalized spacial score (nSPS) is 32.7. The third kappa shape index (κ3) is 3.70. The first kappa shape index (κ1) is 13.8. The highest BCUT2D eigenvalue weighted by atomic mass is 16.1. The summed E-state index contributed by atoms with van der Waals surface area (Å²) >= 11 is 0. The van der Waals surface area contributed by atoms with Gasteiger partial charge in [-0.3, -0.25) is 4.79 Å². The summed E-state index contributed by atoms with van der Waals surface area (Å²) in [4.78, 5) is 11.9. The van der Waals surface area contributed by atoms with Crippen molar-refractivity contribution >= 4 is 5.78 Å². The van der Waals surface area contributed by atoms with Gasteiger partial charge in [0, 0.05) is 5.92 Å². The summed E-state index contributed by atoms with van der Waals surface area (Å²) in [6, 6.07) is 0. The molecule has 0 heterocycles. The fourth-order valence-electron chi connectivity index (χ4n) is 3.77. The first-order valence-corrected chi connectivity index (χ1v) is 8.01. The Morgan fingerprint density at radius 1 is 1.11 bits per heavy atom. The number of allylic oxidation sites excluding steroid dienone is 2. The molecule has 102 valence electrons. The number of hydrogen-bond donors (Lipinski definition) is 0. The zero-order chi connectivity index (χ0) is 12.8. The summed E-state index contributed by atoms with van der Waals surface area (Å²) in [5, 5.41) is 0. The van der Waals surface area contributed by atoms with Gasteiger partial charge >= 0.3 is 0 Å². The molecule has 1 atom stereocenters. The predicted molar refractivity (Wildman–Crippen MR) is 76.5 cm³/mol. The number of unbranched alkanes of at least 4 members (excludes halogenated alkanes) is 2. The van der Waals surface area contributed by atoms with Gasteiger partial charge in [-0.05, 0) is 43.6 Å². The van der Waals surface area contributed by atoms with Crippen molar-refractivity contribution in [3.05, 3.63) is 12.2 Å². The largest absolute Gasteiger partial charge is 0.295 e. The van der Waals surface area contributed by atoms with Crippen LogP contribution in [0.15, 0.2) is 12.2 Å². The van der Waals surface area contributed by atoms with Crippen LogP contribution >= 0.6 is 0 Å². The minimum atomic E-state index is 0.367. The maximum Gasteiger partial charge on any atom is 0.158 e. The Morgan fingerprint density at radius 2 is 1.89 bits per heavy atom. The number of ketones is 1. The zero-order valence-electron chi connectivity index (χ0n) is 11.9. The van der Waals surface area contributed by atoms with Crippen LogP contribution in [0.4, 0.5) is 0 Å². The summed E-state index contributed by atoms with van der Waals surface area (Å²) in [6.45, 7) is 2.28. The number of rotatable bonds is 5. The summed E-state index contributed by atoms with van der Waals surface area (Å²) in [5.74, 6) is 2.44. The molecule has 0 aromatic heterocycles. The predicted octanol–water partition coefficient (Wildman–Crippen LogP) is 4.91. The third-order valence-electron chi connectivity index (χ3n) is 4.97. The van der Waals surface area contributed by atoms with E-state index in [1.54, 1.807) is 0 Å². The van der Waals surface area contributed by atoms with E-state index >= 15 is 0 Å². The van der Waals surface area contributed by atoms with Crippen LogP contribution in [0.2, 0.25) is 0 Å². The van der Waals surface area contributed by atoms with Crippen molar-refractivity contribution in [3.63, 3.8) is 0 Å². The lowest BCUT2D eigenvalue weighted by molar-refractivity contribution is -0.121. The number of hydrogen-bond acceptors (Lipinski definition) is 1. The summed E-state index contributed by atoms with van der Waals surface area (Å²) in [6.07, 6.45) is 17.1. The standard InChI is InChI=1S/C17H28O/c1-2-3-4-7-14-10-12-15(13-11-14)16-8-5-6-9-17(16)18/h6,9,14-16H,2-5,7-8,10-13H2,1H3. The molecule has 1 heteroatoms. The molecule has 1 unspecified atom stereocenters. The van der Waals surface area contributed by atoms with E-state index < -0.39 is 0 Å². The smallest absolute Gasteiger partial charge is 0.158 e. The van der Waals surface area contributed by atoms with E-state index in [1.165, 1.54) is 51.4 Å². The second kappa shape index (κ2) is 7.11. The second-order valence-electron chi connectivity index (χ2n) is 6.27. The van der Waals surface area contributed by atoms with Crippen LogP contribution in [0.5, 0.6) is 0 Å². The fourth-order valence-corrected chi connectivity index (χ4v) is 3.77. The van der Waals surface area contributed by atoms with Gasteiger partial charge in [-0.1, -0.05) is 51.5 Å². The van der Waals surface area contributed by atoms with Crippen LogP contribution in [-0.2, 0) is 4.79 Å². The van der Waals surface area contributed by atoms with Gasteiger partial charge in [0.05, 0.1) is 0 Å². The van der Waals surface area contributed by atoms with E-state index in [4.69, 9.17) is 0 Å². The molecule has 2 aliphatic carbocycles. The molecule has 0 aliphatic heterocycles. The lowest BCUT2D eigenvalue weighted by atomic mass is 9.71. The molecule has 1 saturated carbocycles. The van der Waals surface area contributed by atoms with Crippen LogP contribution in [0.1, 0.15) is 71.1 Å². The lowest BCUT2D eigenvalue weighted by Crippen LogP contribution is -2.28. The molecule has 2 rings (SSSR count). The summed E-state index contributed by atoms with van der Waals surface area (Å²) in [5.41, 5.74) is 0. The van der Waals surface area contributed by atoms with Crippen LogP contribution in [-0.4, -0.2) is 5.78 Å². The van der Waals surface area contributed by atoms with Crippen molar-refractivity contribution in [1.29, 1.82) is 0 Å². The molecular weight excluding hydrogens is 220 g/mol. The highest BCUT2D eigenvalue weighted by Gasteiger charge is 2.31. The fraction of sp³-hybridized carbons (Fsp3) is 0.824. The monoisotopic (exact) mass is 248 g/mol. The Hall–Kier alpha value is -0.590. The highest BCUT2D eigenvalue weighted by molar-refractivity contribution is 5.92. The quantitative estimate of drug-likeness (QED) is 0.632. The second-order valence-corrected chi connectivity index (χ2v) is 6.27. The molecule has 0 radical (unpaired) electrons. The molecule has 0 spiro atoms. The lowest BCUT2D eigenvalue weighted by Gasteiger charge is -2.33. The van der Waals surface area contributed by atoms with Gasteiger partial charge in [0.15, 0.2) is 5.78 Å². The average Bonchev–Trinajstić information content (AvgIpc) is 2.41. The third-order valence-corrected chi connectivity index (χ3v) is 4.97. The van der Waals surface area contributed by atoms with Crippen LogP contribution < -0.4 is 0 Å². The molecule has 0 aromatic carbocycles. The molecule has 0 N–H and O–H groups in total. The Labute approximate surface area is 112 Å². The maximum atomic E-state index is 11.9.